The summed E-state index contributed by atoms with van der Waals surface area (Å²) in [4.78, 5) is 10.6. The van der Waals surface area contributed by atoms with Crippen LogP contribution in [-0.4, -0.2) is 22.3 Å². The summed E-state index contributed by atoms with van der Waals surface area (Å²) in [6, 6.07) is 0. The summed E-state index contributed by atoms with van der Waals surface area (Å²) >= 11 is 0. The van der Waals surface area contributed by atoms with E-state index in [4.69, 9.17) is 5.11 Å². The number of carboxylic acids is 1. The summed E-state index contributed by atoms with van der Waals surface area (Å²) < 4.78 is 0. The second-order valence-corrected chi connectivity index (χ2v) is 4.28. The molecule has 1 aliphatic rings. The minimum Gasteiger partial charge on any atom is -0.481 e. The third-order valence-electron chi connectivity index (χ3n) is 3.18. The molecule has 1 saturated carbocycles. The number of hydrogen-bond acceptors (Lipinski definition) is 2. The van der Waals surface area contributed by atoms with Crippen LogP contribution in [0.2, 0.25) is 0 Å². The van der Waals surface area contributed by atoms with Crippen molar-refractivity contribution in [2.75, 3.05) is 0 Å². The molecule has 3 atom stereocenters. The van der Waals surface area contributed by atoms with Crippen molar-refractivity contribution >= 4 is 5.97 Å². The highest BCUT2D eigenvalue weighted by Crippen LogP contribution is 2.36. The molecule has 0 saturated heterocycles. The van der Waals surface area contributed by atoms with Gasteiger partial charge in [0.2, 0.25) is 0 Å². The Hall–Kier alpha value is -0.830. The van der Waals surface area contributed by atoms with Gasteiger partial charge in [0, 0.05) is 6.42 Å². The van der Waals surface area contributed by atoms with E-state index in [2.05, 4.69) is 19.1 Å². The number of aliphatic hydroxyl groups is 1. The van der Waals surface area contributed by atoms with Crippen LogP contribution in [0.4, 0.5) is 0 Å². The van der Waals surface area contributed by atoms with Crippen molar-refractivity contribution in [3.05, 3.63) is 12.2 Å². The Morgan fingerprint density at radius 2 is 2.13 bits per heavy atom. The van der Waals surface area contributed by atoms with Gasteiger partial charge in [-0.2, -0.15) is 0 Å². The van der Waals surface area contributed by atoms with Gasteiger partial charge < -0.3 is 10.2 Å². The van der Waals surface area contributed by atoms with Crippen LogP contribution in [0.25, 0.3) is 0 Å². The monoisotopic (exact) mass is 212 g/mol. The molecule has 0 amide bonds. The average molecular weight is 212 g/mol. The van der Waals surface area contributed by atoms with Gasteiger partial charge in [0.15, 0.2) is 0 Å². The molecule has 1 fully saturated rings. The summed E-state index contributed by atoms with van der Waals surface area (Å²) in [5.41, 5.74) is 0. The summed E-state index contributed by atoms with van der Waals surface area (Å²) in [5, 5.41) is 18.5. The molecule has 1 aliphatic carbocycles. The average Bonchev–Trinajstić information content (AvgIpc) is 2.49. The van der Waals surface area contributed by atoms with E-state index >= 15 is 0 Å². The SMILES string of the molecule is CC/C=C\C[C@H]1[C@@H](CC(=O)O)CC[C@H]1O. The quantitative estimate of drug-likeness (QED) is 0.687. The van der Waals surface area contributed by atoms with Crippen LogP contribution in [-0.2, 0) is 4.79 Å². The van der Waals surface area contributed by atoms with E-state index in [1.807, 2.05) is 0 Å². The second kappa shape index (κ2) is 5.91. The van der Waals surface area contributed by atoms with Crippen molar-refractivity contribution in [3.8, 4) is 0 Å². The van der Waals surface area contributed by atoms with E-state index in [0.717, 1.165) is 25.7 Å². The van der Waals surface area contributed by atoms with Gasteiger partial charge in [-0.25, -0.2) is 0 Å². The smallest absolute Gasteiger partial charge is 0.303 e. The Kier molecular flexibility index (Phi) is 4.82. The lowest BCUT2D eigenvalue weighted by Crippen LogP contribution is -2.20. The zero-order chi connectivity index (χ0) is 11.3. The highest BCUT2D eigenvalue weighted by Gasteiger charge is 2.34. The molecule has 0 bridgehead atoms. The number of allylic oxidation sites excluding steroid dienone is 2. The number of hydrogen-bond donors (Lipinski definition) is 2. The van der Waals surface area contributed by atoms with Gasteiger partial charge in [0.05, 0.1) is 6.10 Å². The maximum absolute atomic E-state index is 10.6. The first kappa shape index (κ1) is 12.2. The van der Waals surface area contributed by atoms with Crippen molar-refractivity contribution in [2.45, 2.75) is 45.1 Å². The number of aliphatic hydroxyl groups excluding tert-OH is 1. The molecule has 15 heavy (non-hydrogen) atoms. The number of carboxylic acid groups (broad SMARTS) is 1. The van der Waals surface area contributed by atoms with E-state index in [1.165, 1.54) is 0 Å². The Balaban J connectivity index is 2.48. The first-order chi connectivity index (χ1) is 7.15. The maximum atomic E-state index is 10.6. The lowest BCUT2D eigenvalue weighted by Gasteiger charge is -2.18. The molecule has 1 rings (SSSR count). The zero-order valence-electron chi connectivity index (χ0n) is 9.22. The number of carbonyl (C=O) groups is 1. The molecular weight excluding hydrogens is 192 g/mol. The van der Waals surface area contributed by atoms with E-state index in [-0.39, 0.29) is 24.4 Å². The zero-order valence-corrected chi connectivity index (χ0v) is 9.22. The predicted octanol–water partition coefficient (Wildman–Crippen LogP) is 2.20. The fraction of sp³-hybridized carbons (Fsp3) is 0.750. The summed E-state index contributed by atoms with van der Waals surface area (Å²) in [6.45, 7) is 2.07. The van der Waals surface area contributed by atoms with Crippen molar-refractivity contribution in [2.24, 2.45) is 11.8 Å². The molecule has 0 aromatic carbocycles. The van der Waals surface area contributed by atoms with Gasteiger partial charge in [-0.05, 0) is 37.5 Å². The molecule has 2 N–H and O–H groups in total. The predicted molar refractivity (Wildman–Crippen MR) is 58.5 cm³/mol. The lowest BCUT2D eigenvalue weighted by molar-refractivity contribution is -0.138. The standard InChI is InChI=1S/C12H20O3/c1-2-3-4-5-10-9(8-12(14)15)6-7-11(10)13/h3-4,9-11,13H,2,5-8H2,1H3,(H,14,15)/b4-3-/t9-,10+,11-/m1/s1. The van der Waals surface area contributed by atoms with Crippen LogP contribution in [0.3, 0.4) is 0 Å². The van der Waals surface area contributed by atoms with Gasteiger partial charge in [-0.3, -0.25) is 4.79 Å². The Labute approximate surface area is 90.8 Å². The van der Waals surface area contributed by atoms with Crippen molar-refractivity contribution in [1.29, 1.82) is 0 Å². The Morgan fingerprint density at radius 1 is 1.40 bits per heavy atom. The first-order valence-electron chi connectivity index (χ1n) is 5.70. The highest BCUT2D eigenvalue weighted by molar-refractivity contribution is 5.67. The van der Waals surface area contributed by atoms with Gasteiger partial charge in [0.1, 0.15) is 0 Å². The van der Waals surface area contributed by atoms with Gasteiger partial charge in [-0.1, -0.05) is 19.1 Å². The molecule has 0 aromatic heterocycles. The van der Waals surface area contributed by atoms with Crippen LogP contribution in [0.1, 0.15) is 39.0 Å². The number of rotatable bonds is 5. The molecule has 3 heteroatoms. The molecule has 0 aromatic rings. The molecular formula is C12H20O3. The molecule has 0 radical (unpaired) electrons. The van der Waals surface area contributed by atoms with Crippen molar-refractivity contribution < 1.29 is 15.0 Å². The minimum absolute atomic E-state index is 0.142. The summed E-state index contributed by atoms with van der Waals surface area (Å²) in [7, 11) is 0. The highest BCUT2D eigenvalue weighted by atomic mass is 16.4. The van der Waals surface area contributed by atoms with E-state index in [1.54, 1.807) is 0 Å². The van der Waals surface area contributed by atoms with E-state index in [0.29, 0.717) is 0 Å². The largest absolute Gasteiger partial charge is 0.481 e. The molecule has 0 unspecified atom stereocenters. The van der Waals surface area contributed by atoms with Crippen LogP contribution in [0.15, 0.2) is 12.2 Å². The Morgan fingerprint density at radius 3 is 2.73 bits per heavy atom. The van der Waals surface area contributed by atoms with Crippen molar-refractivity contribution in [3.63, 3.8) is 0 Å². The van der Waals surface area contributed by atoms with Crippen LogP contribution in [0, 0.1) is 11.8 Å². The molecule has 0 aliphatic heterocycles. The van der Waals surface area contributed by atoms with E-state index < -0.39 is 5.97 Å². The molecule has 0 spiro atoms. The summed E-state index contributed by atoms with van der Waals surface area (Å²) in [6.07, 6.45) is 7.43. The van der Waals surface area contributed by atoms with Crippen LogP contribution >= 0.6 is 0 Å². The topological polar surface area (TPSA) is 57.5 Å². The maximum Gasteiger partial charge on any atom is 0.303 e. The first-order valence-corrected chi connectivity index (χ1v) is 5.70. The molecule has 0 heterocycles. The third kappa shape index (κ3) is 3.67. The van der Waals surface area contributed by atoms with E-state index in [9.17, 15) is 9.90 Å². The lowest BCUT2D eigenvalue weighted by atomic mass is 9.89. The number of aliphatic carboxylic acids is 1. The second-order valence-electron chi connectivity index (χ2n) is 4.28. The van der Waals surface area contributed by atoms with Crippen LogP contribution in [0.5, 0.6) is 0 Å². The van der Waals surface area contributed by atoms with Gasteiger partial charge >= 0.3 is 5.97 Å². The normalized spacial score (nSPS) is 31.2. The molecule has 86 valence electrons. The van der Waals surface area contributed by atoms with Crippen LogP contribution < -0.4 is 0 Å². The Bertz CT molecular complexity index is 235. The summed E-state index contributed by atoms with van der Waals surface area (Å²) in [5.74, 6) is -0.457. The van der Waals surface area contributed by atoms with Gasteiger partial charge in [0.25, 0.3) is 0 Å². The fourth-order valence-electron chi connectivity index (χ4n) is 2.37. The minimum atomic E-state index is -0.751. The third-order valence-corrected chi connectivity index (χ3v) is 3.18. The fourth-order valence-corrected chi connectivity index (χ4v) is 2.37. The van der Waals surface area contributed by atoms with Crippen molar-refractivity contribution in [1.82, 2.24) is 0 Å². The van der Waals surface area contributed by atoms with Gasteiger partial charge in [-0.15, -0.1) is 0 Å². The molecule has 3 nitrogen and oxygen atoms in total.